The molecule has 2 heterocycles. The Bertz CT molecular complexity index is 1120. The van der Waals surface area contributed by atoms with E-state index in [0.29, 0.717) is 5.75 Å². The zero-order valence-corrected chi connectivity index (χ0v) is 15.8. The molecule has 1 aliphatic heterocycles. The molecule has 0 amide bonds. The smallest absolute Gasteiger partial charge is 0.127 e. The second-order valence-corrected chi connectivity index (χ2v) is 7.21. The lowest BCUT2D eigenvalue weighted by atomic mass is 9.97. The summed E-state index contributed by atoms with van der Waals surface area (Å²) in [6.07, 6.45) is 0. The SMILES string of the molecule is Oc1cccc(C2CNc3cc(-c4ccc(Oc5ccccc5)cc4)nn3C2)c1. The predicted molar refractivity (Wildman–Crippen MR) is 114 cm³/mol. The number of aromatic nitrogens is 2. The third-order valence-electron chi connectivity index (χ3n) is 5.17. The van der Waals surface area contributed by atoms with Gasteiger partial charge in [-0.15, -0.1) is 0 Å². The molecule has 1 unspecified atom stereocenters. The van der Waals surface area contributed by atoms with E-state index in [1.165, 1.54) is 0 Å². The lowest BCUT2D eigenvalue weighted by molar-refractivity contribution is 0.469. The Morgan fingerprint density at radius 3 is 2.48 bits per heavy atom. The molecular formula is C24H21N3O2. The maximum Gasteiger partial charge on any atom is 0.127 e. The van der Waals surface area contributed by atoms with E-state index < -0.39 is 0 Å². The number of nitrogens with one attached hydrogen (secondary N) is 1. The number of para-hydroxylation sites is 1. The van der Waals surface area contributed by atoms with Crippen LogP contribution in [0, 0.1) is 0 Å². The highest BCUT2D eigenvalue weighted by Gasteiger charge is 2.22. The van der Waals surface area contributed by atoms with Crippen molar-refractivity contribution in [1.82, 2.24) is 9.78 Å². The van der Waals surface area contributed by atoms with Crippen LogP contribution < -0.4 is 10.1 Å². The van der Waals surface area contributed by atoms with E-state index in [4.69, 9.17) is 9.84 Å². The zero-order valence-electron chi connectivity index (χ0n) is 15.8. The van der Waals surface area contributed by atoms with Crippen LogP contribution in [0.5, 0.6) is 17.2 Å². The topological polar surface area (TPSA) is 59.3 Å². The van der Waals surface area contributed by atoms with E-state index in [-0.39, 0.29) is 5.92 Å². The molecule has 0 fully saturated rings. The molecule has 1 aliphatic rings. The molecular weight excluding hydrogens is 362 g/mol. The minimum Gasteiger partial charge on any atom is -0.508 e. The van der Waals surface area contributed by atoms with Gasteiger partial charge in [-0.05, 0) is 54.1 Å². The molecule has 4 aromatic rings. The highest BCUT2D eigenvalue weighted by atomic mass is 16.5. The fourth-order valence-electron chi connectivity index (χ4n) is 3.66. The van der Waals surface area contributed by atoms with Crippen molar-refractivity contribution in [3.8, 4) is 28.5 Å². The first-order chi connectivity index (χ1) is 14.2. The summed E-state index contributed by atoms with van der Waals surface area (Å²) in [6.45, 7) is 1.60. The van der Waals surface area contributed by atoms with Crippen LogP contribution in [0.25, 0.3) is 11.3 Å². The summed E-state index contributed by atoms with van der Waals surface area (Å²) in [4.78, 5) is 0. The van der Waals surface area contributed by atoms with Gasteiger partial charge in [0.15, 0.2) is 0 Å². The minimum atomic E-state index is 0.268. The summed E-state index contributed by atoms with van der Waals surface area (Å²) < 4.78 is 7.87. The Kier molecular flexibility index (Phi) is 4.41. The van der Waals surface area contributed by atoms with E-state index in [9.17, 15) is 5.11 Å². The van der Waals surface area contributed by atoms with E-state index in [0.717, 1.165) is 47.2 Å². The number of ether oxygens (including phenoxy) is 1. The Balaban J connectivity index is 1.33. The summed E-state index contributed by atoms with van der Waals surface area (Å²) in [5.74, 6) is 3.20. The number of phenols is 1. The van der Waals surface area contributed by atoms with Crippen molar-refractivity contribution in [2.24, 2.45) is 0 Å². The molecule has 144 valence electrons. The van der Waals surface area contributed by atoms with Crippen molar-refractivity contribution >= 4 is 5.82 Å². The fraction of sp³-hybridized carbons (Fsp3) is 0.125. The Morgan fingerprint density at radius 1 is 0.897 bits per heavy atom. The molecule has 2 N–H and O–H groups in total. The van der Waals surface area contributed by atoms with Crippen LogP contribution in [0.4, 0.5) is 5.82 Å². The quantitative estimate of drug-likeness (QED) is 0.505. The highest BCUT2D eigenvalue weighted by Crippen LogP contribution is 2.31. The molecule has 0 bridgehead atoms. The number of fused-ring (bicyclic) bond motifs is 1. The van der Waals surface area contributed by atoms with Gasteiger partial charge in [-0.2, -0.15) is 5.10 Å². The van der Waals surface area contributed by atoms with Crippen molar-refractivity contribution in [2.75, 3.05) is 11.9 Å². The predicted octanol–water partition coefficient (Wildman–Crippen LogP) is 5.26. The average Bonchev–Trinajstić information content (AvgIpc) is 3.18. The molecule has 3 aromatic carbocycles. The maximum absolute atomic E-state index is 9.75. The van der Waals surface area contributed by atoms with Gasteiger partial charge in [-0.25, -0.2) is 4.68 Å². The van der Waals surface area contributed by atoms with Crippen LogP contribution in [-0.4, -0.2) is 21.4 Å². The van der Waals surface area contributed by atoms with E-state index >= 15 is 0 Å². The van der Waals surface area contributed by atoms with Crippen molar-refractivity contribution in [3.05, 3.63) is 90.5 Å². The highest BCUT2D eigenvalue weighted by molar-refractivity contribution is 5.64. The van der Waals surface area contributed by atoms with E-state index in [1.807, 2.05) is 77.5 Å². The van der Waals surface area contributed by atoms with Gasteiger partial charge >= 0.3 is 0 Å². The molecule has 1 atom stereocenters. The summed E-state index contributed by atoms with van der Waals surface area (Å²) in [6, 6.07) is 27.3. The third kappa shape index (κ3) is 3.67. The largest absolute Gasteiger partial charge is 0.508 e. The van der Waals surface area contributed by atoms with Crippen LogP contribution in [0.15, 0.2) is 84.9 Å². The number of aromatic hydroxyl groups is 1. The molecule has 0 saturated carbocycles. The standard InChI is InChI=1S/C24H21N3O2/c28-20-6-4-5-18(13-20)19-15-25-24-14-23(26-27(24)16-19)17-9-11-22(12-10-17)29-21-7-2-1-3-8-21/h1-14,19,25,28H,15-16H2. The first-order valence-electron chi connectivity index (χ1n) is 9.68. The second kappa shape index (κ2) is 7.36. The summed E-state index contributed by atoms with van der Waals surface area (Å²) in [7, 11) is 0. The number of hydrogen-bond donors (Lipinski definition) is 2. The third-order valence-corrected chi connectivity index (χ3v) is 5.17. The van der Waals surface area contributed by atoms with E-state index in [1.54, 1.807) is 6.07 Å². The first-order valence-corrected chi connectivity index (χ1v) is 9.68. The van der Waals surface area contributed by atoms with E-state index in [2.05, 4.69) is 11.4 Å². The van der Waals surface area contributed by atoms with Gasteiger partial charge in [0.05, 0.1) is 12.2 Å². The zero-order chi connectivity index (χ0) is 19.6. The summed E-state index contributed by atoms with van der Waals surface area (Å²) in [5, 5.41) is 18.0. The van der Waals surface area contributed by atoms with Gasteiger partial charge in [0.25, 0.3) is 0 Å². The van der Waals surface area contributed by atoms with Crippen LogP contribution in [0.2, 0.25) is 0 Å². The molecule has 5 heteroatoms. The number of nitrogens with zero attached hydrogens (tertiary/aromatic N) is 2. The fourth-order valence-corrected chi connectivity index (χ4v) is 3.66. The molecule has 29 heavy (non-hydrogen) atoms. The Labute approximate surface area is 169 Å². The molecule has 0 aliphatic carbocycles. The summed E-state index contributed by atoms with van der Waals surface area (Å²) >= 11 is 0. The number of rotatable bonds is 4. The maximum atomic E-state index is 9.75. The molecule has 5 rings (SSSR count). The molecule has 1 aromatic heterocycles. The molecule has 5 nitrogen and oxygen atoms in total. The van der Waals surface area contributed by atoms with Gasteiger partial charge in [-0.3, -0.25) is 0 Å². The average molecular weight is 383 g/mol. The van der Waals surface area contributed by atoms with Crippen molar-refractivity contribution < 1.29 is 9.84 Å². The van der Waals surface area contributed by atoms with Crippen molar-refractivity contribution in [2.45, 2.75) is 12.5 Å². The number of hydrogen-bond acceptors (Lipinski definition) is 4. The normalized spacial score (nSPS) is 15.4. The van der Waals surface area contributed by atoms with Gasteiger partial charge in [0, 0.05) is 24.1 Å². The van der Waals surface area contributed by atoms with Crippen molar-refractivity contribution in [3.63, 3.8) is 0 Å². The van der Waals surface area contributed by atoms with Gasteiger partial charge < -0.3 is 15.2 Å². The monoisotopic (exact) mass is 383 g/mol. The number of phenolic OH excluding ortho intramolecular Hbond substituents is 1. The van der Waals surface area contributed by atoms with Gasteiger partial charge in [-0.1, -0.05) is 30.3 Å². The first kappa shape index (κ1) is 17.4. The van der Waals surface area contributed by atoms with Gasteiger partial charge in [0.2, 0.25) is 0 Å². The Morgan fingerprint density at radius 2 is 1.69 bits per heavy atom. The van der Waals surface area contributed by atoms with Crippen LogP contribution >= 0.6 is 0 Å². The molecule has 0 spiro atoms. The van der Waals surface area contributed by atoms with Crippen LogP contribution in [0.3, 0.4) is 0 Å². The van der Waals surface area contributed by atoms with Crippen molar-refractivity contribution in [1.29, 1.82) is 0 Å². The Hall–Kier alpha value is -3.73. The van der Waals surface area contributed by atoms with Gasteiger partial charge in [0.1, 0.15) is 23.1 Å². The minimum absolute atomic E-state index is 0.268. The second-order valence-electron chi connectivity index (χ2n) is 7.21. The van der Waals surface area contributed by atoms with Crippen LogP contribution in [-0.2, 0) is 6.54 Å². The summed E-state index contributed by atoms with van der Waals surface area (Å²) in [5.41, 5.74) is 3.08. The number of anilines is 1. The molecule has 0 radical (unpaired) electrons. The molecule has 0 saturated heterocycles. The lowest BCUT2D eigenvalue weighted by Gasteiger charge is -2.25. The van der Waals surface area contributed by atoms with Crippen LogP contribution in [0.1, 0.15) is 11.5 Å². The number of benzene rings is 3. The lowest BCUT2D eigenvalue weighted by Crippen LogP contribution is -2.26.